The smallest absolute Gasteiger partial charge is 0.412 e. The number of hydrogen-bond donors (Lipinski definition) is 9. The van der Waals surface area contributed by atoms with E-state index in [1.807, 2.05) is 0 Å². The first-order chi connectivity index (χ1) is 39.3. The van der Waals surface area contributed by atoms with Crippen molar-refractivity contribution in [2.45, 2.75) is 86.2 Å². The molecule has 9 rings (SSSR count). The van der Waals surface area contributed by atoms with E-state index in [2.05, 4.69) is 10.6 Å². The molecule has 3 saturated heterocycles. The van der Waals surface area contributed by atoms with Crippen LogP contribution in [0.1, 0.15) is 36.1 Å². The molecule has 0 aromatic heterocycles. The molecule has 3 heterocycles. The number of phenols is 1. The molecule has 13 atom stereocenters. The molecule has 82 heavy (non-hydrogen) atoms. The van der Waals surface area contributed by atoms with Gasteiger partial charge in [-0.1, -0.05) is 78.9 Å². The molecule has 0 bridgehead atoms. The number of aliphatic hydroxyl groups excluding tert-OH is 6. The number of carbonyl (C=O) groups excluding carboxylic acids is 3. The van der Waals surface area contributed by atoms with E-state index in [1.54, 1.807) is 54.6 Å². The molecule has 4 unspecified atom stereocenters. The van der Waals surface area contributed by atoms with Gasteiger partial charge in [-0.25, -0.2) is 22.8 Å². The summed E-state index contributed by atoms with van der Waals surface area (Å²) in [5.74, 6) is -4.95. The maximum atomic E-state index is 14.4. The summed E-state index contributed by atoms with van der Waals surface area (Å²) in [6.45, 7) is -1.96. The number of aliphatic hydroxyl groups is 6. The van der Waals surface area contributed by atoms with Crippen molar-refractivity contribution in [3.05, 3.63) is 174 Å². The van der Waals surface area contributed by atoms with Crippen molar-refractivity contribution in [1.82, 2.24) is 0 Å². The van der Waals surface area contributed by atoms with Crippen LogP contribution in [-0.2, 0) is 38.6 Å². The van der Waals surface area contributed by atoms with E-state index in [0.29, 0.717) is 22.4 Å². The highest BCUT2D eigenvalue weighted by Crippen LogP contribution is 2.50. The van der Waals surface area contributed by atoms with Gasteiger partial charge in [0.05, 0.1) is 36.0 Å². The topological polar surface area (TPSA) is 310 Å². The van der Waals surface area contributed by atoms with Gasteiger partial charge in [-0.2, -0.15) is 8.42 Å². The van der Waals surface area contributed by atoms with Crippen LogP contribution in [0.15, 0.2) is 146 Å². The first kappa shape index (κ1) is 58.9. The third kappa shape index (κ3) is 13.5. The van der Waals surface area contributed by atoms with E-state index < -0.39 is 138 Å². The fourth-order valence-electron chi connectivity index (χ4n) is 9.92. The van der Waals surface area contributed by atoms with Gasteiger partial charge in [0.1, 0.15) is 90.1 Å². The van der Waals surface area contributed by atoms with Crippen LogP contribution >= 0.6 is 0 Å². The second kappa shape index (κ2) is 25.6. The Balaban J connectivity index is 0.939. The first-order valence-electron chi connectivity index (χ1n) is 25.7. The Morgan fingerprint density at radius 3 is 1.94 bits per heavy atom. The van der Waals surface area contributed by atoms with Gasteiger partial charge < -0.3 is 68.5 Å². The number of aromatic hydroxyl groups is 1. The number of benzene rings is 6. The molecule has 21 nitrogen and oxygen atoms in total. The quantitative estimate of drug-likeness (QED) is 0.0353. The summed E-state index contributed by atoms with van der Waals surface area (Å²) in [6.07, 6.45) is -23.6. The summed E-state index contributed by atoms with van der Waals surface area (Å²) in [4.78, 5) is 41.4. The fraction of sp³-hybridized carbons (Fsp3) is 0.316. The number of nitrogens with zero attached hydrogens (tertiary/aromatic N) is 1. The van der Waals surface area contributed by atoms with E-state index in [4.69, 9.17) is 27.9 Å². The molecule has 6 aromatic carbocycles. The number of halogens is 3. The second-order valence-electron chi connectivity index (χ2n) is 19.5. The van der Waals surface area contributed by atoms with Crippen molar-refractivity contribution in [1.29, 1.82) is 0 Å². The van der Waals surface area contributed by atoms with Crippen LogP contribution in [0.25, 0.3) is 11.1 Å². The zero-order valence-corrected chi connectivity index (χ0v) is 43.8. The molecule has 0 aliphatic carbocycles. The van der Waals surface area contributed by atoms with Gasteiger partial charge in [0, 0.05) is 11.3 Å². The highest BCUT2D eigenvalue weighted by molar-refractivity contribution is 7.87. The monoisotopic (exact) mass is 1160 g/mol. The Hall–Kier alpha value is -7.69. The minimum Gasteiger partial charge on any atom is -0.508 e. The highest BCUT2D eigenvalue weighted by atomic mass is 32.2. The van der Waals surface area contributed by atoms with Crippen LogP contribution in [0, 0.1) is 23.4 Å². The number of phenolic OH excluding ortho intramolecular Hbond substituents is 1. The number of rotatable bonds is 19. The summed E-state index contributed by atoms with van der Waals surface area (Å²) >= 11 is 0. The molecule has 0 radical (unpaired) electrons. The number of anilines is 3. The molecule has 6 aromatic rings. The maximum absolute atomic E-state index is 14.4. The molecule has 3 amide bonds. The van der Waals surface area contributed by atoms with Crippen molar-refractivity contribution < 1.29 is 99.6 Å². The van der Waals surface area contributed by atoms with E-state index in [-0.39, 0.29) is 47.2 Å². The van der Waals surface area contributed by atoms with Crippen molar-refractivity contribution in [3.8, 4) is 22.6 Å². The lowest BCUT2D eigenvalue weighted by atomic mass is 9.77. The van der Waals surface area contributed by atoms with E-state index in [9.17, 15) is 71.7 Å². The molecule has 3 aliphatic rings. The number of β-lactam (4-membered cyclic amide) rings is 1. The Morgan fingerprint density at radius 1 is 0.683 bits per heavy atom. The maximum Gasteiger partial charge on any atom is 0.412 e. The minimum absolute atomic E-state index is 0.0436. The Kier molecular flexibility index (Phi) is 18.4. The van der Waals surface area contributed by atoms with Crippen molar-refractivity contribution in [2.24, 2.45) is 5.92 Å². The van der Waals surface area contributed by atoms with Crippen LogP contribution in [0.5, 0.6) is 11.5 Å². The second-order valence-corrected chi connectivity index (χ2v) is 21.1. The summed E-state index contributed by atoms with van der Waals surface area (Å²) < 4.78 is 105. The SMILES string of the molecule is O=C(Nc1ccccc1F)OCC1O[C@@H](O[C@@H]2C(CO)O[C@@H](CS(=O)(=O)Oc3cc(-c4ccc(O)cc4)ccc3[C@@H]3[C@@H](CC[C@H](O)c4ccc(F)cc4)C(=O)N3c3ccccc3)C(O)[C@H]2O)C(O)[C@@H](O)[C@@H]1OC(=O)Nc1ccccc1F. The third-order valence-corrected chi connectivity index (χ3v) is 15.3. The number of ether oxygens (including phenoxy) is 5. The lowest BCUT2D eigenvalue weighted by Gasteiger charge is -2.48. The average Bonchev–Trinajstić information content (AvgIpc) is 1.67. The Labute approximate surface area is 466 Å². The summed E-state index contributed by atoms with van der Waals surface area (Å²) in [5, 5.41) is 81.9. The van der Waals surface area contributed by atoms with E-state index in [0.717, 1.165) is 12.1 Å². The Morgan fingerprint density at radius 2 is 1.29 bits per heavy atom. The van der Waals surface area contributed by atoms with Gasteiger partial charge in [-0.05, 0) is 96.3 Å². The normalized spacial score (nSPS) is 25.8. The van der Waals surface area contributed by atoms with Crippen LogP contribution in [-0.4, -0.2) is 142 Å². The van der Waals surface area contributed by atoms with Crippen molar-refractivity contribution in [3.63, 3.8) is 0 Å². The summed E-state index contributed by atoms with van der Waals surface area (Å²) in [7, 11) is -4.95. The van der Waals surface area contributed by atoms with Gasteiger partial charge in [0.2, 0.25) is 5.91 Å². The average molecular weight is 1160 g/mol. The molecule has 0 saturated carbocycles. The summed E-state index contributed by atoms with van der Waals surface area (Å²) in [6, 6.07) is 33.4. The molecule has 9 N–H and O–H groups in total. The van der Waals surface area contributed by atoms with Gasteiger partial charge >= 0.3 is 22.3 Å². The number of amides is 3. The summed E-state index contributed by atoms with van der Waals surface area (Å²) in [5.41, 5.74) is 1.33. The predicted octanol–water partition coefficient (Wildman–Crippen LogP) is 5.58. The van der Waals surface area contributed by atoms with Crippen LogP contribution in [0.2, 0.25) is 0 Å². The zero-order chi connectivity index (χ0) is 58.4. The van der Waals surface area contributed by atoms with Crippen LogP contribution in [0.4, 0.5) is 39.8 Å². The standard InChI is InChI=1S/C57H56F3N3O18S/c58-33-19-14-31(15-20-33)42(66)25-24-37-47(63(54(37)71)34-8-2-1-3-9-34)36-23-18-32(30-16-21-35(65)22-17-30)26-43(36)81-82(74,75)29-46-48(67)49(68)52(44(27-64)77-46)79-55-51(70)50(69)53(80-57(73)62-41-13-7-5-11-39(41)60)45(78-55)28-76-56(72)61-40-12-6-4-10-38(40)59/h1-23,26,37,42,44-53,55,64-70H,24-25,27-29H2,(H,61,72)(H,62,73)/t37-,42+,44?,45?,46+,47-,48?,49-,50-,51?,52-,53-,55+/m1/s1. The van der Waals surface area contributed by atoms with Crippen molar-refractivity contribution in [2.75, 3.05) is 34.5 Å². The van der Waals surface area contributed by atoms with Gasteiger partial charge in [0.15, 0.2) is 12.4 Å². The molecule has 3 aliphatic heterocycles. The molecule has 0 spiro atoms. The number of nitrogens with one attached hydrogen (secondary N) is 2. The molecule has 3 fully saturated rings. The number of hydrogen-bond acceptors (Lipinski definition) is 18. The minimum atomic E-state index is -4.95. The lowest BCUT2D eigenvalue weighted by molar-refractivity contribution is -0.340. The zero-order valence-electron chi connectivity index (χ0n) is 43.0. The van der Waals surface area contributed by atoms with Gasteiger partial charge in [-0.3, -0.25) is 15.4 Å². The van der Waals surface area contributed by atoms with Gasteiger partial charge in [-0.15, -0.1) is 0 Å². The first-order valence-corrected chi connectivity index (χ1v) is 27.2. The number of para-hydroxylation sites is 3. The number of carbonyl (C=O) groups is 3. The van der Waals surface area contributed by atoms with E-state index >= 15 is 0 Å². The largest absolute Gasteiger partial charge is 0.508 e. The molecular formula is C57H56F3N3O18S. The Bertz CT molecular complexity index is 3310. The predicted molar refractivity (Wildman–Crippen MR) is 284 cm³/mol. The molecular weight excluding hydrogens is 1100 g/mol. The van der Waals surface area contributed by atoms with Crippen LogP contribution in [0.3, 0.4) is 0 Å². The lowest BCUT2D eigenvalue weighted by Crippen LogP contribution is -2.65. The van der Waals surface area contributed by atoms with Gasteiger partial charge in [0.25, 0.3) is 0 Å². The molecule has 434 valence electrons. The fourth-order valence-corrected chi connectivity index (χ4v) is 11.1. The molecule has 25 heteroatoms. The third-order valence-electron chi connectivity index (χ3n) is 14.1. The van der Waals surface area contributed by atoms with Crippen molar-refractivity contribution >= 4 is 45.3 Å². The van der Waals surface area contributed by atoms with Crippen LogP contribution < -0.4 is 19.7 Å². The van der Waals surface area contributed by atoms with E-state index in [1.165, 1.54) is 83.8 Å². The highest BCUT2D eigenvalue weighted by Gasteiger charge is 2.54.